The topological polar surface area (TPSA) is 80.3 Å². The molecule has 2 aliphatic rings. The number of hydrogen-bond acceptors (Lipinski definition) is 6. The Morgan fingerprint density at radius 3 is 2.50 bits per heavy atom. The monoisotopic (exact) mass is 459 g/mol. The third kappa shape index (κ3) is 5.44. The van der Waals surface area contributed by atoms with E-state index in [4.69, 9.17) is 25.8 Å². The van der Waals surface area contributed by atoms with Crippen molar-refractivity contribution >= 4 is 29.1 Å². The third-order valence-corrected chi connectivity index (χ3v) is 5.80. The zero-order chi connectivity index (χ0) is 22.5. The number of amides is 2. The predicted molar refractivity (Wildman–Crippen MR) is 121 cm³/mol. The van der Waals surface area contributed by atoms with Crippen LogP contribution in [0.1, 0.15) is 5.56 Å². The molecule has 170 valence electrons. The molecule has 9 heteroatoms. The molecule has 0 aromatic heterocycles. The molecule has 0 radical (unpaired) electrons. The Balaban J connectivity index is 1.26. The Morgan fingerprint density at radius 1 is 1.06 bits per heavy atom. The third-order valence-electron chi connectivity index (χ3n) is 5.49. The van der Waals surface area contributed by atoms with Crippen molar-refractivity contribution in [1.82, 2.24) is 9.80 Å². The second-order valence-corrected chi connectivity index (χ2v) is 8.12. The van der Waals surface area contributed by atoms with Crippen LogP contribution in [-0.2, 0) is 16.0 Å². The first-order chi connectivity index (χ1) is 15.5. The van der Waals surface area contributed by atoms with E-state index >= 15 is 0 Å². The summed E-state index contributed by atoms with van der Waals surface area (Å²) in [7, 11) is 1.61. The summed E-state index contributed by atoms with van der Waals surface area (Å²) >= 11 is 6.27. The number of methoxy groups -OCH3 is 1. The highest BCUT2D eigenvalue weighted by Gasteiger charge is 2.23. The Morgan fingerprint density at radius 2 is 1.78 bits per heavy atom. The smallest absolute Gasteiger partial charge is 0.238 e. The number of anilines is 1. The fourth-order valence-corrected chi connectivity index (χ4v) is 3.98. The van der Waals surface area contributed by atoms with Crippen LogP contribution in [0.4, 0.5) is 5.69 Å². The Labute approximate surface area is 192 Å². The molecule has 0 atom stereocenters. The lowest BCUT2D eigenvalue weighted by Gasteiger charge is -2.34. The molecule has 2 aromatic rings. The molecule has 0 saturated carbocycles. The largest absolute Gasteiger partial charge is 0.497 e. The predicted octanol–water partition coefficient (Wildman–Crippen LogP) is 2.45. The molecule has 0 aliphatic carbocycles. The van der Waals surface area contributed by atoms with Crippen LogP contribution in [0.15, 0.2) is 36.4 Å². The molecule has 0 bridgehead atoms. The fraction of sp³-hybridized carbons (Fsp3) is 0.391. The molecule has 4 rings (SSSR count). The summed E-state index contributed by atoms with van der Waals surface area (Å²) in [5, 5.41) is 3.24. The first-order valence-electron chi connectivity index (χ1n) is 10.5. The lowest BCUT2D eigenvalue weighted by atomic mass is 10.1. The van der Waals surface area contributed by atoms with Crippen LogP contribution in [0.5, 0.6) is 17.2 Å². The van der Waals surface area contributed by atoms with Gasteiger partial charge in [-0.05, 0) is 17.7 Å². The quantitative estimate of drug-likeness (QED) is 0.714. The van der Waals surface area contributed by atoms with Gasteiger partial charge >= 0.3 is 0 Å². The minimum absolute atomic E-state index is 0.0745. The summed E-state index contributed by atoms with van der Waals surface area (Å²) in [4.78, 5) is 29.0. The van der Waals surface area contributed by atoms with Crippen molar-refractivity contribution in [3.05, 3.63) is 47.0 Å². The number of hydrogen-bond donors (Lipinski definition) is 1. The van der Waals surface area contributed by atoms with Gasteiger partial charge in [-0.15, -0.1) is 0 Å². The summed E-state index contributed by atoms with van der Waals surface area (Å²) in [6, 6.07) is 10.9. The summed E-state index contributed by atoms with van der Waals surface area (Å²) in [5.74, 6) is 1.79. The van der Waals surface area contributed by atoms with Crippen molar-refractivity contribution in [1.29, 1.82) is 0 Å². The van der Waals surface area contributed by atoms with Crippen LogP contribution >= 0.6 is 11.6 Å². The van der Waals surface area contributed by atoms with E-state index in [1.807, 2.05) is 34.1 Å². The maximum absolute atomic E-state index is 12.6. The SMILES string of the molecule is COc1cccc(CC(=O)N2CCN(CC(=O)Nc3cc4c(cc3Cl)OCCO4)CC2)c1. The fourth-order valence-electron chi connectivity index (χ4n) is 3.78. The van der Waals surface area contributed by atoms with Gasteiger partial charge in [0.2, 0.25) is 11.8 Å². The molecule has 0 spiro atoms. The molecule has 1 saturated heterocycles. The van der Waals surface area contributed by atoms with E-state index in [9.17, 15) is 9.59 Å². The number of ether oxygens (including phenoxy) is 3. The average Bonchev–Trinajstić information content (AvgIpc) is 2.80. The minimum Gasteiger partial charge on any atom is -0.497 e. The van der Waals surface area contributed by atoms with Gasteiger partial charge in [0.25, 0.3) is 0 Å². The molecular formula is C23H26ClN3O5. The van der Waals surface area contributed by atoms with E-state index in [-0.39, 0.29) is 18.4 Å². The van der Waals surface area contributed by atoms with E-state index in [2.05, 4.69) is 5.32 Å². The molecule has 2 amide bonds. The molecule has 2 heterocycles. The number of carbonyl (C=O) groups is 2. The molecule has 8 nitrogen and oxygen atoms in total. The minimum atomic E-state index is -0.167. The number of nitrogens with one attached hydrogen (secondary N) is 1. The van der Waals surface area contributed by atoms with Gasteiger partial charge in [-0.3, -0.25) is 14.5 Å². The number of fused-ring (bicyclic) bond motifs is 1. The van der Waals surface area contributed by atoms with Crippen molar-refractivity contribution in [2.75, 3.05) is 58.4 Å². The van der Waals surface area contributed by atoms with Crippen LogP contribution in [0.2, 0.25) is 5.02 Å². The second kappa shape index (κ2) is 10.1. The van der Waals surface area contributed by atoms with E-state index in [1.165, 1.54) is 0 Å². The lowest BCUT2D eigenvalue weighted by molar-refractivity contribution is -0.132. The highest BCUT2D eigenvalue weighted by molar-refractivity contribution is 6.34. The van der Waals surface area contributed by atoms with Crippen LogP contribution in [0, 0.1) is 0 Å². The van der Waals surface area contributed by atoms with Crippen molar-refractivity contribution in [2.45, 2.75) is 6.42 Å². The van der Waals surface area contributed by atoms with Crippen molar-refractivity contribution < 1.29 is 23.8 Å². The standard InChI is InChI=1S/C23H26ClN3O5/c1-30-17-4-2-3-16(11-17)12-23(29)27-7-5-26(6-8-27)15-22(28)25-19-14-21-20(13-18(19)24)31-9-10-32-21/h2-4,11,13-14H,5-10,12,15H2,1H3,(H,25,28). The van der Waals surface area contributed by atoms with Crippen molar-refractivity contribution in [2.24, 2.45) is 0 Å². The highest BCUT2D eigenvalue weighted by Crippen LogP contribution is 2.37. The molecular weight excluding hydrogens is 434 g/mol. The van der Waals surface area contributed by atoms with Crippen LogP contribution in [0.3, 0.4) is 0 Å². The van der Waals surface area contributed by atoms with Gasteiger partial charge in [0.1, 0.15) is 19.0 Å². The van der Waals surface area contributed by atoms with Gasteiger partial charge < -0.3 is 24.4 Å². The molecule has 1 N–H and O–H groups in total. The zero-order valence-corrected chi connectivity index (χ0v) is 18.7. The van der Waals surface area contributed by atoms with Gasteiger partial charge in [0.15, 0.2) is 11.5 Å². The van der Waals surface area contributed by atoms with E-state index in [0.717, 1.165) is 11.3 Å². The Kier molecular flexibility index (Phi) is 7.02. The zero-order valence-electron chi connectivity index (χ0n) is 17.9. The van der Waals surface area contributed by atoms with Gasteiger partial charge in [-0.2, -0.15) is 0 Å². The first kappa shape index (κ1) is 22.2. The van der Waals surface area contributed by atoms with E-state index in [0.29, 0.717) is 68.0 Å². The summed E-state index contributed by atoms with van der Waals surface area (Å²) in [6.45, 7) is 3.59. The highest BCUT2D eigenvalue weighted by atomic mass is 35.5. The van der Waals surface area contributed by atoms with E-state index < -0.39 is 0 Å². The van der Waals surface area contributed by atoms with Crippen LogP contribution in [0.25, 0.3) is 0 Å². The maximum atomic E-state index is 12.6. The van der Waals surface area contributed by atoms with Crippen LogP contribution in [-0.4, -0.2) is 74.7 Å². The summed E-state index contributed by atoms with van der Waals surface area (Å²) in [6.07, 6.45) is 0.334. The normalized spacial score (nSPS) is 15.9. The van der Waals surface area contributed by atoms with Crippen LogP contribution < -0.4 is 19.5 Å². The number of rotatable bonds is 6. The van der Waals surface area contributed by atoms with Gasteiger partial charge in [0.05, 0.1) is 30.8 Å². The van der Waals surface area contributed by atoms with Crippen molar-refractivity contribution in [3.8, 4) is 17.2 Å². The molecule has 32 heavy (non-hydrogen) atoms. The first-order valence-corrected chi connectivity index (χ1v) is 10.9. The Bertz CT molecular complexity index is 992. The van der Waals surface area contributed by atoms with Gasteiger partial charge in [-0.25, -0.2) is 0 Å². The maximum Gasteiger partial charge on any atom is 0.238 e. The number of carbonyl (C=O) groups excluding carboxylic acids is 2. The number of halogens is 1. The number of benzene rings is 2. The Hall–Kier alpha value is -2.97. The molecule has 2 aromatic carbocycles. The molecule has 2 aliphatic heterocycles. The second-order valence-electron chi connectivity index (χ2n) is 7.71. The van der Waals surface area contributed by atoms with Crippen molar-refractivity contribution in [3.63, 3.8) is 0 Å². The van der Waals surface area contributed by atoms with Gasteiger partial charge in [-0.1, -0.05) is 23.7 Å². The summed E-state index contributed by atoms with van der Waals surface area (Å²) < 4.78 is 16.3. The van der Waals surface area contributed by atoms with Gasteiger partial charge in [0, 0.05) is 38.3 Å². The number of nitrogens with zero attached hydrogens (tertiary/aromatic N) is 2. The number of piperazine rings is 1. The van der Waals surface area contributed by atoms with E-state index in [1.54, 1.807) is 19.2 Å². The average molecular weight is 460 g/mol. The summed E-state index contributed by atoms with van der Waals surface area (Å²) in [5.41, 5.74) is 1.42. The lowest BCUT2D eigenvalue weighted by Crippen LogP contribution is -2.50. The molecule has 1 fully saturated rings. The molecule has 0 unspecified atom stereocenters.